The maximum absolute atomic E-state index is 12.7. The van der Waals surface area contributed by atoms with Gasteiger partial charge in [-0.05, 0) is 48.5 Å². The van der Waals surface area contributed by atoms with E-state index in [2.05, 4.69) is 14.9 Å². The first-order chi connectivity index (χ1) is 17.4. The fourth-order valence-corrected chi connectivity index (χ4v) is 4.41. The van der Waals surface area contributed by atoms with E-state index in [-0.39, 0.29) is 18.5 Å². The second kappa shape index (κ2) is 10.3. The number of rotatable bonds is 5. The summed E-state index contributed by atoms with van der Waals surface area (Å²) in [4.78, 5) is 30.2. The molecule has 184 valence electrons. The highest BCUT2D eigenvalue weighted by Crippen LogP contribution is 2.31. The number of amides is 1. The second-order valence-electron chi connectivity index (χ2n) is 8.21. The lowest BCUT2D eigenvalue weighted by Gasteiger charge is -2.35. The number of carbonyl (C=O) groups excluding carboxylic acids is 1. The van der Waals surface area contributed by atoms with Gasteiger partial charge in [-0.3, -0.25) is 4.79 Å². The number of halogens is 3. The van der Waals surface area contributed by atoms with Gasteiger partial charge in [-0.1, -0.05) is 40.9 Å². The minimum Gasteiger partial charge on any atom is -0.484 e. The molecule has 1 amide bonds. The number of ether oxygens (including phenoxy) is 1. The summed E-state index contributed by atoms with van der Waals surface area (Å²) < 4.78 is 5.60. The number of aromatic nitrogens is 3. The van der Waals surface area contributed by atoms with Crippen LogP contribution < -0.4 is 15.4 Å². The summed E-state index contributed by atoms with van der Waals surface area (Å²) in [5.74, 6) is 1.30. The first kappa shape index (κ1) is 24.4. The maximum Gasteiger partial charge on any atom is 0.260 e. The van der Waals surface area contributed by atoms with Crippen LogP contribution in [0.25, 0.3) is 22.3 Å². The Kier molecular flexibility index (Phi) is 7.00. The lowest BCUT2D eigenvalue weighted by Crippen LogP contribution is -2.50. The van der Waals surface area contributed by atoms with Gasteiger partial charge in [-0.15, -0.1) is 0 Å². The lowest BCUT2D eigenvalue weighted by atomic mass is 10.1. The summed E-state index contributed by atoms with van der Waals surface area (Å²) in [6.07, 6.45) is 0. The van der Waals surface area contributed by atoms with E-state index in [1.54, 1.807) is 41.3 Å². The van der Waals surface area contributed by atoms with Gasteiger partial charge < -0.3 is 20.3 Å². The van der Waals surface area contributed by atoms with E-state index in [0.717, 1.165) is 5.56 Å². The Balaban J connectivity index is 1.32. The summed E-state index contributed by atoms with van der Waals surface area (Å²) in [6.45, 7) is 2.12. The number of nitrogen functional groups attached to an aromatic ring is 1. The summed E-state index contributed by atoms with van der Waals surface area (Å²) in [7, 11) is 0. The van der Waals surface area contributed by atoms with Crippen molar-refractivity contribution in [1.82, 2.24) is 19.9 Å². The Hall–Kier alpha value is -3.33. The van der Waals surface area contributed by atoms with Crippen LogP contribution in [0.2, 0.25) is 15.1 Å². The fraction of sp³-hybridized carbons (Fsp3) is 0.200. The van der Waals surface area contributed by atoms with Crippen LogP contribution in [-0.4, -0.2) is 58.5 Å². The average Bonchev–Trinajstić information content (AvgIpc) is 2.89. The Labute approximate surface area is 222 Å². The zero-order valence-electron chi connectivity index (χ0n) is 19.0. The third-order valence-corrected chi connectivity index (χ3v) is 6.86. The number of anilines is 2. The van der Waals surface area contributed by atoms with E-state index in [0.29, 0.717) is 69.5 Å². The Morgan fingerprint density at radius 3 is 2.36 bits per heavy atom. The van der Waals surface area contributed by atoms with Crippen molar-refractivity contribution in [3.8, 4) is 17.0 Å². The molecule has 1 saturated heterocycles. The molecule has 0 spiro atoms. The number of benzene rings is 2. The molecule has 1 aliphatic heterocycles. The van der Waals surface area contributed by atoms with Gasteiger partial charge in [0.2, 0.25) is 5.95 Å². The predicted molar refractivity (Wildman–Crippen MR) is 143 cm³/mol. The smallest absolute Gasteiger partial charge is 0.260 e. The molecule has 2 aromatic carbocycles. The molecule has 0 bridgehead atoms. The van der Waals surface area contributed by atoms with E-state index in [4.69, 9.17) is 50.3 Å². The minimum atomic E-state index is -0.0864. The molecule has 2 N–H and O–H groups in total. The predicted octanol–water partition coefficient (Wildman–Crippen LogP) is 4.96. The van der Waals surface area contributed by atoms with Gasteiger partial charge in [0.1, 0.15) is 11.3 Å². The third-order valence-electron chi connectivity index (χ3n) is 5.86. The molecule has 0 aliphatic carbocycles. The number of nitrogens with two attached hydrogens (primary N) is 1. The SMILES string of the molecule is Nc1nc(N2CCN(C(=O)COc3ccc(Cl)cc3)CC2)c2nc(-c3ccc(Cl)c(Cl)c3)ccc2n1. The molecule has 8 nitrogen and oxygen atoms in total. The van der Waals surface area contributed by atoms with E-state index in [9.17, 15) is 4.79 Å². The summed E-state index contributed by atoms with van der Waals surface area (Å²) in [6, 6.07) is 16.0. The third kappa shape index (κ3) is 5.26. The van der Waals surface area contributed by atoms with Crippen LogP contribution in [-0.2, 0) is 4.79 Å². The van der Waals surface area contributed by atoms with Crippen LogP contribution in [0.3, 0.4) is 0 Å². The average molecular weight is 544 g/mol. The van der Waals surface area contributed by atoms with E-state index >= 15 is 0 Å². The normalized spacial score (nSPS) is 13.8. The molecule has 2 aromatic heterocycles. The largest absolute Gasteiger partial charge is 0.484 e. The Bertz CT molecular complexity index is 1430. The molecular weight excluding hydrogens is 523 g/mol. The van der Waals surface area contributed by atoms with Crippen LogP contribution in [0.1, 0.15) is 0 Å². The lowest BCUT2D eigenvalue weighted by molar-refractivity contribution is -0.133. The van der Waals surface area contributed by atoms with Crippen LogP contribution in [0.15, 0.2) is 54.6 Å². The van der Waals surface area contributed by atoms with Crippen LogP contribution in [0.4, 0.5) is 11.8 Å². The zero-order valence-corrected chi connectivity index (χ0v) is 21.3. The summed E-state index contributed by atoms with van der Waals surface area (Å²) >= 11 is 18.2. The zero-order chi connectivity index (χ0) is 25.2. The van der Waals surface area contributed by atoms with Crippen LogP contribution >= 0.6 is 34.8 Å². The summed E-state index contributed by atoms with van der Waals surface area (Å²) in [5.41, 5.74) is 8.79. The molecule has 3 heterocycles. The first-order valence-electron chi connectivity index (χ1n) is 11.2. The number of hydrogen-bond acceptors (Lipinski definition) is 7. The van der Waals surface area contributed by atoms with Crippen molar-refractivity contribution >= 4 is 63.5 Å². The number of nitrogens with zero attached hydrogens (tertiary/aromatic N) is 5. The van der Waals surface area contributed by atoms with Crippen molar-refractivity contribution in [3.05, 3.63) is 69.7 Å². The van der Waals surface area contributed by atoms with Crippen molar-refractivity contribution < 1.29 is 9.53 Å². The molecule has 0 radical (unpaired) electrons. The van der Waals surface area contributed by atoms with Crippen molar-refractivity contribution in [2.75, 3.05) is 43.4 Å². The van der Waals surface area contributed by atoms with Crippen molar-refractivity contribution in [2.45, 2.75) is 0 Å². The molecule has 0 atom stereocenters. The molecule has 0 saturated carbocycles. The van der Waals surface area contributed by atoms with Crippen molar-refractivity contribution in [2.24, 2.45) is 0 Å². The Morgan fingerprint density at radius 2 is 1.64 bits per heavy atom. The molecule has 0 unspecified atom stereocenters. The topological polar surface area (TPSA) is 97.5 Å². The molecule has 11 heteroatoms. The number of piperazine rings is 1. The minimum absolute atomic E-state index is 0.0421. The molecule has 4 aromatic rings. The van der Waals surface area contributed by atoms with Gasteiger partial charge >= 0.3 is 0 Å². The van der Waals surface area contributed by atoms with E-state index in [1.807, 2.05) is 18.2 Å². The number of pyridine rings is 1. The number of fused-ring (bicyclic) bond motifs is 1. The number of carbonyl (C=O) groups is 1. The van der Waals surface area contributed by atoms with Gasteiger partial charge in [0, 0.05) is 36.8 Å². The van der Waals surface area contributed by atoms with Crippen LogP contribution in [0.5, 0.6) is 5.75 Å². The molecule has 5 rings (SSSR count). The quantitative estimate of drug-likeness (QED) is 0.380. The standard InChI is InChI=1S/C25H21Cl3N6O2/c26-16-2-4-17(5-3-16)36-14-22(35)33-9-11-34(12-10-33)24-23-21(31-25(29)32-24)8-7-20(30-23)15-1-6-18(27)19(28)13-15/h1-8,13H,9-12,14H2,(H2,29,31,32). The fourth-order valence-electron chi connectivity index (χ4n) is 3.99. The van der Waals surface area contributed by atoms with Gasteiger partial charge in [0.25, 0.3) is 5.91 Å². The highest BCUT2D eigenvalue weighted by atomic mass is 35.5. The maximum atomic E-state index is 12.7. The first-order valence-corrected chi connectivity index (χ1v) is 12.3. The van der Waals surface area contributed by atoms with Gasteiger partial charge in [-0.2, -0.15) is 4.98 Å². The highest BCUT2D eigenvalue weighted by Gasteiger charge is 2.24. The molecular formula is C25H21Cl3N6O2. The van der Waals surface area contributed by atoms with E-state index < -0.39 is 0 Å². The van der Waals surface area contributed by atoms with Gasteiger partial charge in [0.15, 0.2) is 12.4 Å². The van der Waals surface area contributed by atoms with Crippen LogP contribution in [0, 0.1) is 0 Å². The molecule has 1 aliphatic rings. The monoisotopic (exact) mass is 542 g/mol. The second-order valence-corrected chi connectivity index (χ2v) is 9.46. The number of hydrogen-bond donors (Lipinski definition) is 1. The van der Waals surface area contributed by atoms with E-state index in [1.165, 1.54) is 0 Å². The molecule has 1 fully saturated rings. The molecule has 36 heavy (non-hydrogen) atoms. The summed E-state index contributed by atoms with van der Waals surface area (Å²) in [5, 5.41) is 1.54. The van der Waals surface area contributed by atoms with Crippen molar-refractivity contribution in [1.29, 1.82) is 0 Å². The van der Waals surface area contributed by atoms with Gasteiger partial charge in [-0.25, -0.2) is 9.97 Å². The van der Waals surface area contributed by atoms with Gasteiger partial charge in [0.05, 0.1) is 21.3 Å². The van der Waals surface area contributed by atoms with Crippen molar-refractivity contribution in [3.63, 3.8) is 0 Å². The Morgan fingerprint density at radius 1 is 0.889 bits per heavy atom. The highest BCUT2D eigenvalue weighted by molar-refractivity contribution is 6.42.